The van der Waals surface area contributed by atoms with Crippen LogP contribution in [0.3, 0.4) is 0 Å². The predicted molar refractivity (Wildman–Crippen MR) is 85.8 cm³/mol. The van der Waals surface area contributed by atoms with E-state index in [2.05, 4.69) is 47.7 Å². The van der Waals surface area contributed by atoms with Crippen molar-refractivity contribution in [2.75, 3.05) is 21.1 Å². The molecule has 1 aromatic heterocycles. The molecule has 6 nitrogen and oxygen atoms in total. The summed E-state index contributed by atoms with van der Waals surface area (Å²) < 4.78 is 0. The maximum absolute atomic E-state index is 5.86. The highest BCUT2D eigenvalue weighted by molar-refractivity contribution is 5.50. The van der Waals surface area contributed by atoms with E-state index in [-0.39, 0.29) is 0 Å². The quantitative estimate of drug-likeness (QED) is 0.484. The summed E-state index contributed by atoms with van der Waals surface area (Å²) in [4.78, 5) is 8.70. The molecular weight excluding hydrogens is 240 g/mol. The minimum atomic E-state index is 0.750. The van der Waals surface area contributed by atoms with Gasteiger partial charge in [-0.1, -0.05) is 13.8 Å². The summed E-state index contributed by atoms with van der Waals surface area (Å²) in [5, 5.41) is 5.86. The molecule has 6 N–H and O–H groups in total. The molecule has 0 unspecified atom stereocenters. The first-order valence-corrected chi connectivity index (χ1v) is 6.14. The van der Waals surface area contributed by atoms with Crippen molar-refractivity contribution in [3.63, 3.8) is 0 Å². The molecule has 0 saturated carbocycles. The van der Waals surface area contributed by atoms with Gasteiger partial charge in [-0.15, -0.1) is 0 Å². The molecule has 112 valence electrons. The Labute approximate surface area is 117 Å². The average Bonchev–Trinajstić information content (AvgIpc) is 2.78. The van der Waals surface area contributed by atoms with Gasteiger partial charge in [-0.05, 0) is 32.6 Å². The Kier molecular flexibility index (Phi) is 21.8. The zero-order valence-corrected chi connectivity index (χ0v) is 13.1. The summed E-state index contributed by atoms with van der Waals surface area (Å²) in [6.07, 6.45) is 3.98. The van der Waals surface area contributed by atoms with Gasteiger partial charge in [0.1, 0.15) is 0 Å². The highest BCUT2D eigenvalue weighted by Gasteiger charge is 1.98. The topological polar surface area (TPSA) is 107 Å². The van der Waals surface area contributed by atoms with Crippen molar-refractivity contribution in [1.82, 2.24) is 9.88 Å². The summed E-state index contributed by atoms with van der Waals surface area (Å²) in [5.41, 5.74) is 11.8. The predicted octanol–water partition coefficient (Wildman–Crippen LogP) is 1.57. The number of nitrogens with two attached hydrogens (primary N) is 2. The Morgan fingerprint density at radius 3 is 2.00 bits per heavy atom. The molecule has 1 aromatic rings. The van der Waals surface area contributed by atoms with E-state index in [9.17, 15) is 0 Å². The second-order valence-corrected chi connectivity index (χ2v) is 3.44. The largest absolute Gasteiger partial charge is 0.390 e. The molecule has 0 aliphatic carbocycles. The third-order valence-corrected chi connectivity index (χ3v) is 1.70. The molecular formula is C13H30N6. The van der Waals surface area contributed by atoms with Gasteiger partial charge in [0, 0.05) is 25.5 Å². The third-order valence-electron chi connectivity index (χ3n) is 1.70. The van der Waals surface area contributed by atoms with Gasteiger partial charge in [0.05, 0.1) is 12.7 Å². The number of hydrogen-bond acceptors (Lipinski definition) is 3. The van der Waals surface area contributed by atoms with Crippen molar-refractivity contribution in [3.8, 4) is 0 Å². The van der Waals surface area contributed by atoms with E-state index in [1.807, 2.05) is 20.0 Å². The van der Waals surface area contributed by atoms with Gasteiger partial charge in [-0.25, -0.2) is 0 Å². The molecule has 6 heteroatoms. The fourth-order valence-corrected chi connectivity index (χ4v) is 0.997. The van der Waals surface area contributed by atoms with Crippen LogP contribution in [0.1, 0.15) is 25.1 Å². The van der Waals surface area contributed by atoms with Crippen LogP contribution in [-0.2, 0) is 6.54 Å². The lowest BCUT2D eigenvalue weighted by Crippen LogP contribution is -2.10. The maximum Gasteiger partial charge on any atom is 0.0794 e. The molecule has 1 heterocycles. The number of nitrogens with zero attached hydrogens (tertiary/aromatic N) is 2. The molecule has 0 fully saturated rings. The molecule has 0 aliphatic heterocycles. The number of aromatic amines is 1. The number of aromatic nitrogens is 1. The summed E-state index contributed by atoms with van der Waals surface area (Å²) >= 11 is 0. The van der Waals surface area contributed by atoms with Crippen LogP contribution in [0.25, 0.3) is 0 Å². The summed E-state index contributed by atoms with van der Waals surface area (Å²) in [5.74, 6) is 0. The molecule has 0 amide bonds. The lowest BCUT2D eigenvalue weighted by molar-refractivity contribution is 0.401. The Bertz CT molecular complexity index is 300. The fourth-order valence-electron chi connectivity index (χ4n) is 0.997. The first-order valence-electron chi connectivity index (χ1n) is 6.14. The molecule has 0 spiro atoms. The van der Waals surface area contributed by atoms with Crippen LogP contribution in [0.2, 0.25) is 0 Å². The number of aryl methyl sites for hydroxylation is 1. The third kappa shape index (κ3) is 18.7. The number of aliphatic imine (C=N–C) groups is 1. The van der Waals surface area contributed by atoms with Crippen LogP contribution in [0, 0.1) is 12.3 Å². The summed E-state index contributed by atoms with van der Waals surface area (Å²) in [6.45, 7) is 7.12. The van der Waals surface area contributed by atoms with Gasteiger partial charge in [0.25, 0.3) is 0 Å². The molecule has 1 rings (SSSR count). The van der Waals surface area contributed by atoms with Crippen molar-refractivity contribution < 1.29 is 0 Å². The molecule has 0 radical (unpaired) electrons. The van der Waals surface area contributed by atoms with E-state index in [4.69, 9.17) is 11.1 Å². The van der Waals surface area contributed by atoms with Crippen molar-refractivity contribution in [2.24, 2.45) is 16.5 Å². The van der Waals surface area contributed by atoms with Crippen molar-refractivity contribution >= 4 is 12.7 Å². The maximum atomic E-state index is 5.86. The zero-order valence-electron chi connectivity index (χ0n) is 13.1. The Morgan fingerprint density at radius 1 is 1.37 bits per heavy atom. The second-order valence-electron chi connectivity index (χ2n) is 3.44. The molecule has 0 atom stereocenters. The minimum absolute atomic E-state index is 0.750. The van der Waals surface area contributed by atoms with Gasteiger partial charge >= 0.3 is 0 Å². The number of H-pyrrole nitrogens is 1. The zero-order chi connectivity index (χ0) is 15.7. The Balaban J connectivity index is -0.000000239. The fraction of sp³-hybridized carbons (Fsp3) is 0.538. The van der Waals surface area contributed by atoms with Crippen LogP contribution in [0.15, 0.2) is 17.3 Å². The highest BCUT2D eigenvalue weighted by atomic mass is 15.0. The first kappa shape index (κ1) is 22.4. The van der Waals surface area contributed by atoms with E-state index in [0.29, 0.717) is 0 Å². The van der Waals surface area contributed by atoms with Gasteiger partial charge < -0.3 is 21.4 Å². The van der Waals surface area contributed by atoms with Crippen molar-refractivity contribution in [1.29, 1.82) is 5.41 Å². The van der Waals surface area contributed by atoms with Crippen LogP contribution in [-0.4, -0.2) is 43.7 Å². The van der Waals surface area contributed by atoms with Gasteiger partial charge in [-0.3, -0.25) is 10.4 Å². The standard InChI is InChI=1S/C8H14N2.C2H6N2.C2H6.CH4N2/c1-7-8(4-5-9-7)6-10(2)3;1-4-2-3;1-2;2-1-3/h4-5,9H,6H2,1-3H3;2H,1H3,(H2,3,4);1-2H3;1H,(H3,2,3). The van der Waals surface area contributed by atoms with Crippen LogP contribution in [0.4, 0.5) is 0 Å². The lowest BCUT2D eigenvalue weighted by atomic mass is 10.2. The number of rotatable bonds is 2. The summed E-state index contributed by atoms with van der Waals surface area (Å²) in [7, 11) is 5.78. The van der Waals surface area contributed by atoms with E-state index in [1.165, 1.54) is 17.6 Å². The average molecular weight is 270 g/mol. The monoisotopic (exact) mass is 270 g/mol. The van der Waals surface area contributed by atoms with Crippen molar-refractivity contribution in [2.45, 2.75) is 27.3 Å². The van der Waals surface area contributed by atoms with E-state index >= 15 is 0 Å². The molecule has 0 bridgehead atoms. The number of hydrogen-bond donors (Lipinski definition) is 4. The molecule has 0 aliphatic rings. The van der Waals surface area contributed by atoms with Gasteiger partial charge in [-0.2, -0.15) is 0 Å². The van der Waals surface area contributed by atoms with Crippen LogP contribution >= 0.6 is 0 Å². The Hall–Kier alpha value is -1.82. The molecule has 0 aromatic carbocycles. The lowest BCUT2D eigenvalue weighted by Gasteiger charge is -2.07. The Morgan fingerprint density at radius 2 is 1.79 bits per heavy atom. The summed E-state index contributed by atoms with van der Waals surface area (Å²) in [6, 6.07) is 2.12. The normalized spacial score (nSPS) is 8.58. The van der Waals surface area contributed by atoms with E-state index in [0.717, 1.165) is 12.9 Å². The van der Waals surface area contributed by atoms with Gasteiger partial charge in [0.2, 0.25) is 0 Å². The van der Waals surface area contributed by atoms with Gasteiger partial charge in [0.15, 0.2) is 0 Å². The van der Waals surface area contributed by atoms with Crippen molar-refractivity contribution in [3.05, 3.63) is 23.5 Å². The van der Waals surface area contributed by atoms with Crippen LogP contribution < -0.4 is 11.5 Å². The van der Waals surface area contributed by atoms with E-state index in [1.54, 1.807) is 7.05 Å². The van der Waals surface area contributed by atoms with E-state index < -0.39 is 0 Å². The first-order chi connectivity index (χ1) is 9.03. The highest BCUT2D eigenvalue weighted by Crippen LogP contribution is 2.05. The smallest absolute Gasteiger partial charge is 0.0794 e. The SMILES string of the molecule is CC.CN=CN.Cc1[nH]ccc1CN(C)C.N=CN. The molecule has 0 saturated heterocycles. The van der Waals surface area contributed by atoms with Crippen LogP contribution in [0.5, 0.6) is 0 Å². The molecule has 19 heavy (non-hydrogen) atoms. The minimum Gasteiger partial charge on any atom is -0.390 e. The second kappa shape index (κ2) is 18.5. The number of nitrogens with one attached hydrogen (secondary N) is 2.